The number of rotatable bonds is 5. The summed E-state index contributed by atoms with van der Waals surface area (Å²) in [7, 11) is 3.33. The summed E-state index contributed by atoms with van der Waals surface area (Å²) in [6.07, 6.45) is 0. The summed E-state index contributed by atoms with van der Waals surface area (Å²) in [5, 5.41) is 9.79. The number of nitrogens with one attached hydrogen (secondary N) is 3. The van der Waals surface area contributed by atoms with Crippen LogP contribution in [0.2, 0.25) is 5.02 Å². The maximum absolute atomic E-state index is 11.7. The van der Waals surface area contributed by atoms with E-state index in [4.69, 9.17) is 11.6 Å². The predicted molar refractivity (Wildman–Crippen MR) is 114 cm³/mol. The zero-order chi connectivity index (χ0) is 17.4. The molecule has 0 aromatic heterocycles. The molecule has 0 aliphatic rings. The van der Waals surface area contributed by atoms with Crippen LogP contribution < -0.4 is 16.0 Å². The highest BCUT2D eigenvalue weighted by atomic mass is 127. The van der Waals surface area contributed by atoms with Gasteiger partial charge in [-0.25, -0.2) is 0 Å². The summed E-state index contributed by atoms with van der Waals surface area (Å²) in [6, 6.07) is 15.1. The Labute approximate surface area is 170 Å². The maximum Gasteiger partial charge on any atom is 0.251 e. The fraction of sp³-hybridized carbons (Fsp3) is 0.222. The zero-order valence-electron chi connectivity index (χ0n) is 14.2. The van der Waals surface area contributed by atoms with Crippen molar-refractivity contribution < 1.29 is 4.79 Å². The van der Waals surface area contributed by atoms with Crippen molar-refractivity contribution in [2.75, 3.05) is 14.1 Å². The quantitative estimate of drug-likeness (QED) is 0.356. The summed E-state index contributed by atoms with van der Waals surface area (Å²) in [4.78, 5) is 15.9. The number of guanidine groups is 1. The summed E-state index contributed by atoms with van der Waals surface area (Å²) in [5.74, 6) is 0.568. The fourth-order valence-corrected chi connectivity index (χ4v) is 2.40. The van der Waals surface area contributed by atoms with Crippen molar-refractivity contribution in [2.24, 2.45) is 4.99 Å². The third kappa shape index (κ3) is 6.55. The molecule has 134 valence electrons. The monoisotopic (exact) mass is 472 g/mol. The fourth-order valence-electron chi connectivity index (χ4n) is 2.19. The van der Waals surface area contributed by atoms with Gasteiger partial charge in [0.15, 0.2) is 5.96 Å². The van der Waals surface area contributed by atoms with Gasteiger partial charge in [0.1, 0.15) is 0 Å². The molecule has 0 heterocycles. The van der Waals surface area contributed by atoms with Crippen molar-refractivity contribution in [2.45, 2.75) is 13.1 Å². The minimum atomic E-state index is -0.0990. The average Bonchev–Trinajstić information content (AvgIpc) is 2.62. The first-order valence-electron chi connectivity index (χ1n) is 7.63. The molecule has 0 saturated heterocycles. The lowest BCUT2D eigenvalue weighted by Crippen LogP contribution is -2.36. The topological polar surface area (TPSA) is 65.5 Å². The Morgan fingerprint density at radius 2 is 1.80 bits per heavy atom. The van der Waals surface area contributed by atoms with Gasteiger partial charge in [0, 0.05) is 37.8 Å². The average molecular weight is 473 g/mol. The molecule has 0 spiro atoms. The molecule has 3 N–H and O–H groups in total. The number of carbonyl (C=O) groups is 1. The molecule has 2 aromatic carbocycles. The van der Waals surface area contributed by atoms with Crippen LogP contribution in [0.25, 0.3) is 0 Å². The number of nitrogens with zero attached hydrogens (tertiary/aromatic N) is 1. The Balaban J connectivity index is 0.00000312. The van der Waals surface area contributed by atoms with Crippen LogP contribution in [-0.4, -0.2) is 26.0 Å². The number of carbonyl (C=O) groups excluding carboxylic acids is 1. The van der Waals surface area contributed by atoms with Crippen LogP contribution in [-0.2, 0) is 13.1 Å². The molecule has 2 aromatic rings. The van der Waals surface area contributed by atoms with Crippen LogP contribution in [0.15, 0.2) is 53.5 Å². The van der Waals surface area contributed by atoms with E-state index in [9.17, 15) is 4.79 Å². The van der Waals surface area contributed by atoms with Gasteiger partial charge >= 0.3 is 0 Å². The molecule has 0 aliphatic heterocycles. The largest absolute Gasteiger partial charge is 0.355 e. The Bertz CT molecular complexity index is 737. The summed E-state index contributed by atoms with van der Waals surface area (Å²) < 4.78 is 0. The van der Waals surface area contributed by atoms with Crippen molar-refractivity contribution in [3.05, 3.63) is 70.2 Å². The first-order chi connectivity index (χ1) is 11.6. The molecule has 1 amide bonds. The first-order valence-corrected chi connectivity index (χ1v) is 8.00. The highest BCUT2D eigenvalue weighted by Gasteiger charge is 2.05. The third-order valence-electron chi connectivity index (χ3n) is 3.50. The van der Waals surface area contributed by atoms with E-state index < -0.39 is 0 Å². The highest BCUT2D eigenvalue weighted by Crippen LogP contribution is 2.14. The number of hydrogen-bond donors (Lipinski definition) is 3. The van der Waals surface area contributed by atoms with E-state index in [0.29, 0.717) is 24.6 Å². The van der Waals surface area contributed by atoms with Gasteiger partial charge in [-0.15, -0.1) is 24.0 Å². The second-order valence-corrected chi connectivity index (χ2v) is 5.56. The zero-order valence-corrected chi connectivity index (χ0v) is 17.3. The molecule has 0 atom stereocenters. The standard InChI is InChI=1S/C18H21ClN4O.HI/c1-20-17(24)14-8-5-6-13(10-14)11-22-18(21-2)23-12-15-7-3-4-9-16(15)19;/h3-10H,11-12H2,1-2H3,(H,20,24)(H2,21,22,23);1H. The maximum atomic E-state index is 11.7. The Kier molecular flexibility index (Phi) is 9.30. The van der Waals surface area contributed by atoms with Crippen LogP contribution in [0.5, 0.6) is 0 Å². The van der Waals surface area contributed by atoms with Crippen molar-refractivity contribution in [3.63, 3.8) is 0 Å². The molecule has 25 heavy (non-hydrogen) atoms. The first kappa shape index (κ1) is 21.2. The van der Waals surface area contributed by atoms with Crippen LogP contribution in [0.3, 0.4) is 0 Å². The highest BCUT2D eigenvalue weighted by molar-refractivity contribution is 14.0. The normalized spacial score (nSPS) is 10.6. The van der Waals surface area contributed by atoms with Gasteiger partial charge in [0.2, 0.25) is 0 Å². The van der Waals surface area contributed by atoms with Crippen molar-refractivity contribution in [3.8, 4) is 0 Å². The predicted octanol–water partition coefficient (Wildman–Crippen LogP) is 3.18. The van der Waals surface area contributed by atoms with E-state index in [1.165, 1.54) is 0 Å². The van der Waals surface area contributed by atoms with E-state index in [1.807, 2.05) is 42.5 Å². The van der Waals surface area contributed by atoms with Gasteiger partial charge in [-0.3, -0.25) is 9.79 Å². The summed E-state index contributed by atoms with van der Waals surface area (Å²) in [6.45, 7) is 1.14. The molecule has 5 nitrogen and oxygen atoms in total. The van der Waals surface area contributed by atoms with Gasteiger partial charge in [-0.1, -0.05) is 41.9 Å². The Morgan fingerprint density at radius 1 is 1.08 bits per heavy atom. The lowest BCUT2D eigenvalue weighted by Gasteiger charge is -2.13. The van der Waals surface area contributed by atoms with Crippen LogP contribution in [0.1, 0.15) is 21.5 Å². The number of hydrogen-bond acceptors (Lipinski definition) is 2. The van der Waals surface area contributed by atoms with Gasteiger partial charge < -0.3 is 16.0 Å². The van der Waals surface area contributed by atoms with Crippen LogP contribution in [0, 0.1) is 0 Å². The van der Waals surface area contributed by atoms with Gasteiger partial charge in [0.25, 0.3) is 5.91 Å². The van der Waals surface area contributed by atoms with Gasteiger partial charge in [-0.05, 0) is 29.3 Å². The minimum absolute atomic E-state index is 0. The number of benzene rings is 2. The molecule has 0 radical (unpaired) electrons. The van der Waals surface area contributed by atoms with E-state index in [-0.39, 0.29) is 29.9 Å². The molecule has 2 rings (SSSR count). The SMILES string of the molecule is CN=C(NCc1cccc(C(=O)NC)c1)NCc1ccccc1Cl.I. The van der Waals surface area contributed by atoms with Crippen molar-refractivity contribution in [1.29, 1.82) is 0 Å². The van der Waals surface area contributed by atoms with E-state index in [1.54, 1.807) is 20.2 Å². The molecule has 0 bridgehead atoms. The third-order valence-corrected chi connectivity index (χ3v) is 3.87. The second-order valence-electron chi connectivity index (χ2n) is 5.15. The lowest BCUT2D eigenvalue weighted by molar-refractivity contribution is 0.0963. The lowest BCUT2D eigenvalue weighted by atomic mass is 10.1. The smallest absolute Gasteiger partial charge is 0.251 e. The van der Waals surface area contributed by atoms with Crippen LogP contribution in [0.4, 0.5) is 0 Å². The van der Waals surface area contributed by atoms with E-state index >= 15 is 0 Å². The summed E-state index contributed by atoms with van der Waals surface area (Å²) >= 11 is 6.15. The van der Waals surface area contributed by atoms with Gasteiger partial charge in [-0.2, -0.15) is 0 Å². The van der Waals surface area contributed by atoms with Crippen molar-refractivity contribution >= 4 is 47.4 Å². The summed E-state index contributed by atoms with van der Waals surface area (Å²) in [5.41, 5.74) is 2.64. The molecule has 0 saturated carbocycles. The van der Waals surface area contributed by atoms with Crippen LogP contribution >= 0.6 is 35.6 Å². The van der Waals surface area contributed by atoms with E-state index in [0.717, 1.165) is 16.1 Å². The number of aliphatic imine (C=N–C) groups is 1. The molecule has 0 aliphatic carbocycles. The van der Waals surface area contributed by atoms with E-state index in [2.05, 4.69) is 20.9 Å². The molecular formula is C18H22ClIN4O. The van der Waals surface area contributed by atoms with Crippen molar-refractivity contribution in [1.82, 2.24) is 16.0 Å². The Morgan fingerprint density at radius 3 is 2.48 bits per heavy atom. The number of amides is 1. The number of halogens is 2. The molecule has 0 unspecified atom stereocenters. The molecular weight excluding hydrogens is 451 g/mol. The van der Waals surface area contributed by atoms with Gasteiger partial charge in [0.05, 0.1) is 0 Å². The molecule has 0 fully saturated rings. The minimum Gasteiger partial charge on any atom is -0.355 e. The second kappa shape index (κ2) is 10.9. The molecule has 7 heteroatoms. The Hall–Kier alpha value is -1.80.